The van der Waals surface area contributed by atoms with Crippen LogP contribution in [-0.4, -0.2) is 47.6 Å². The predicted octanol–water partition coefficient (Wildman–Crippen LogP) is 8.49. The van der Waals surface area contributed by atoms with E-state index >= 15 is 0 Å². The Balaban J connectivity index is 3.79. The molecule has 42 heavy (non-hydrogen) atoms. The lowest BCUT2D eigenvalue weighted by Crippen LogP contribution is -2.28. The highest BCUT2D eigenvalue weighted by Crippen LogP contribution is 2.13. The number of aliphatic hydroxyl groups excluding tert-OH is 2. The normalized spacial score (nSPS) is 13.9. The van der Waals surface area contributed by atoms with E-state index < -0.39 is 12.2 Å². The first-order chi connectivity index (χ1) is 20.4. The molecule has 6 heteroatoms. The predicted molar refractivity (Wildman–Crippen MR) is 174 cm³/mol. The van der Waals surface area contributed by atoms with Crippen LogP contribution in [0.25, 0.3) is 0 Å². The summed E-state index contributed by atoms with van der Waals surface area (Å²) in [6, 6.07) is 0. The first kappa shape index (κ1) is 39.6. The van der Waals surface area contributed by atoms with Gasteiger partial charge >= 0.3 is 11.9 Å². The van der Waals surface area contributed by atoms with E-state index in [1.54, 1.807) is 0 Å². The van der Waals surface area contributed by atoms with Crippen LogP contribution < -0.4 is 0 Å². The molecule has 0 saturated carbocycles. The van der Waals surface area contributed by atoms with E-state index in [1.165, 1.54) is 32.1 Å². The van der Waals surface area contributed by atoms with Gasteiger partial charge in [-0.25, -0.2) is 0 Å². The molecule has 0 aromatic carbocycles. The Morgan fingerprint density at radius 1 is 0.738 bits per heavy atom. The van der Waals surface area contributed by atoms with Gasteiger partial charge in [0.05, 0.1) is 12.7 Å². The van der Waals surface area contributed by atoms with Crippen molar-refractivity contribution in [3.63, 3.8) is 0 Å². The Hall–Kier alpha value is -2.44. The van der Waals surface area contributed by atoms with Gasteiger partial charge in [0.2, 0.25) is 0 Å². The average molecular weight is 589 g/mol. The quantitative estimate of drug-likeness (QED) is 0.0433. The number of carbonyl (C=O) groups excluding carboxylic acids is 2. The third kappa shape index (κ3) is 29.1. The summed E-state index contributed by atoms with van der Waals surface area (Å²) in [5, 5.41) is 19.2. The summed E-state index contributed by atoms with van der Waals surface area (Å²) in [5.41, 5.74) is 0. The lowest BCUT2D eigenvalue weighted by Gasteiger charge is -2.15. The Kier molecular flexibility index (Phi) is 28.3. The highest BCUT2D eigenvalue weighted by Gasteiger charge is 2.16. The molecule has 0 aromatic heterocycles. The average Bonchev–Trinajstić information content (AvgIpc) is 2.97. The van der Waals surface area contributed by atoms with E-state index in [0.717, 1.165) is 50.9 Å². The largest absolute Gasteiger partial charge is 0.462 e. The fraction of sp³-hybridized carbons (Fsp3) is 0.667. The highest BCUT2D eigenvalue weighted by molar-refractivity contribution is 5.70. The van der Waals surface area contributed by atoms with Crippen LogP contribution in [0.2, 0.25) is 0 Å². The van der Waals surface area contributed by atoms with Gasteiger partial charge in [-0.05, 0) is 50.9 Å². The summed E-state index contributed by atoms with van der Waals surface area (Å²) in [7, 11) is 0. The van der Waals surface area contributed by atoms with Crippen molar-refractivity contribution in [2.45, 2.75) is 136 Å². The molecule has 0 aromatic rings. The van der Waals surface area contributed by atoms with Gasteiger partial charge in [-0.1, -0.05) is 126 Å². The second-order valence-corrected chi connectivity index (χ2v) is 11.2. The van der Waals surface area contributed by atoms with Crippen LogP contribution in [0.5, 0.6) is 0 Å². The molecule has 0 heterocycles. The molecule has 0 fully saturated rings. The molecular weight excluding hydrogens is 528 g/mol. The van der Waals surface area contributed by atoms with Gasteiger partial charge in [0, 0.05) is 12.8 Å². The number of unbranched alkanes of at least 4 members (excludes halogenated alkanes) is 7. The summed E-state index contributed by atoms with van der Waals surface area (Å²) >= 11 is 0. The third-order valence-corrected chi connectivity index (χ3v) is 6.58. The number of allylic oxidation sites excluding steroid dienone is 8. The van der Waals surface area contributed by atoms with Crippen LogP contribution in [0.3, 0.4) is 0 Å². The molecule has 0 aliphatic heterocycles. The van der Waals surface area contributed by atoms with Crippen LogP contribution in [0.1, 0.15) is 124 Å². The minimum atomic E-state index is -0.805. The lowest BCUT2D eigenvalue weighted by molar-refractivity contribution is -0.161. The van der Waals surface area contributed by atoms with E-state index in [0.29, 0.717) is 19.3 Å². The smallest absolute Gasteiger partial charge is 0.306 e. The van der Waals surface area contributed by atoms with E-state index in [9.17, 15) is 19.8 Å². The monoisotopic (exact) mass is 588 g/mol. The molecule has 0 aliphatic carbocycles. The van der Waals surface area contributed by atoms with Crippen LogP contribution in [0, 0.1) is 5.92 Å². The van der Waals surface area contributed by atoms with Crippen molar-refractivity contribution in [2.24, 2.45) is 5.92 Å². The molecule has 0 radical (unpaired) electrons. The van der Waals surface area contributed by atoms with Crippen LogP contribution >= 0.6 is 0 Å². The second-order valence-electron chi connectivity index (χ2n) is 11.2. The fourth-order valence-corrected chi connectivity index (χ4v) is 4.09. The van der Waals surface area contributed by atoms with Gasteiger partial charge in [-0.2, -0.15) is 0 Å². The number of aliphatic hydroxyl groups is 2. The molecule has 0 rings (SSSR count). The van der Waals surface area contributed by atoms with Crippen molar-refractivity contribution in [1.29, 1.82) is 0 Å². The Labute approximate surface area is 256 Å². The minimum absolute atomic E-state index is 0.111. The summed E-state index contributed by atoms with van der Waals surface area (Å²) in [4.78, 5) is 24.0. The first-order valence-corrected chi connectivity index (χ1v) is 16.3. The van der Waals surface area contributed by atoms with Crippen LogP contribution in [0.4, 0.5) is 0 Å². The Morgan fingerprint density at radius 3 is 2.05 bits per heavy atom. The van der Waals surface area contributed by atoms with Gasteiger partial charge in [0.25, 0.3) is 0 Å². The van der Waals surface area contributed by atoms with E-state index in [2.05, 4.69) is 44.2 Å². The molecule has 0 saturated heterocycles. The molecule has 0 aliphatic rings. The SMILES string of the molecule is CC/C=C\C(O)C/C=C/C=C\C/C=C\C/C=C\CCCC(=O)OC[C@H](CO)OC(=O)CCCCCCCCCC(C)C. The van der Waals surface area contributed by atoms with Gasteiger partial charge in [0.15, 0.2) is 6.10 Å². The Bertz CT molecular complexity index is 793. The number of hydrogen-bond donors (Lipinski definition) is 2. The zero-order valence-electron chi connectivity index (χ0n) is 26.8. The minimum Gasteiger partial charge on any atom is -0.462 e. The zero-order valence-corrected chi connectivity index (χ0v) is 26.8. The maximum atomic E-state index is 12.0. The molecule has 2 atom stereocenters. The number of carbonyl (C=O) groups is 2. The Morgan fingerprint density at radius 2 is 1.36 bits per heavy atom. The van der Waals surface area contributed by atoms with Crippen molar-refractivity contribution < 1.29 is 29.3 Å². The van der Waals surface area contributed by atoms with Gasteiger partial charge < -0.3 is 19.7 Å². The molecule has 2 N–H and O–H groups in total. The number of esters is 2. The first-order valence-electron chi connectivity index (χ1n) is 16.3. The van der Waals surface area contributed by atoms with E-state index in [4.69, 9.17) is 9.47 Å². The van der Waals surface area contributed by atoms with Crippen LogP contribution in [-0.2, 0) is 19.1 Å². The molecule has 1 unspecified atom stereocenters. The fourth-order valence-electron chi connectivity index (χ4n) is 4.09. The molecular formula is C36H60O6. The summed E-state index contributed by atoms with van der Waals surface area (Å²) in [5.74, 6) is 0.0856. The molecule has 240 valence electrons. The standard InChI is InChI=1S/C36H60O6/c1-4-5-26-33(38)27-22-18-14-10-8-6-7-9-11-15-19-23-28-35(39)41-31-34(30-37)42-36(40)29-24-20-16-12-13-17-21-25-32(2)3/h5-7,10-11,14-15,18,22,26,32-34,37-38H,4,8-9,12-13,16-17,19-21,23-25,27-31H2,1-3H3/b7-6-,14-10-,15-11-,22-18+,26-5-/t33?,34-/m0/s1. The van der Waals surface area contributed by atoms with Gasteiger partial charge in [0.1, 0.15) is 6.61 Å². The van der Waals surface area contributed by atoms with Crippen molar-refractivity contribution in [2.75, 3.05) is 13.2 Å². The topological polar surface area (TPSA) is 93.1 Å². The summed E-state index contributed by atoms with van der Waals surface area (Å²) in [6.07, 6.45) is 33.5. The summed E-state index contributed by atoms with van der Waals surface area (Å²) in [6.45, 7) is 6.09. The number of rotatable bonds is 27. The summed E-state index contributed by atoms with van der Waals surface area (Å²) < 4.78 is 10.5. The maximum Gasteiger partial charge on any atom is 0.306 e. The number of hydrogen-bond acceptors (Lipinski definition) is 6. The van der Waals surface area contributed by atoms with E-state index in [1.807, 2.05) is 37.3 Å². The zero-order chi connectivity index (χ0) is 31.1. The van der Waals surface area contributed by atoms with Crippen LogP contribution in [0.15, 0.2) is 60.8 Å². The molecule has 0 bridgehead atoms. The maximum absolute atomic E-state index is 12.0. The lowest BCUT2D eigenvalue weighted by atomic mass is 10.0. The molecule has 0 spiro atoms. The number of ether oxygens (including phenoxy) is 2. The highest BCUT2D eigenvalue weighted by atomic mass is 16.6. The van der Waals surface area contributed by atoms with Gasteiger partial charge in [-0.3, -0.25) is 9.59 Å². The van der Waals surface area contributed by atoms with Crippen molar-refractivity contribution in [1.82, 2.24) is 0 Å². The molecule has 0 amide bonds. The third-order valence-electron chi connectivity index (χ3n) is 6.58. The molecule has 6 nitrogen and oxygen atoms in total. The van der Waals surface area contributed by atoms with Crippen molar-refractivity contribution in [3.05, 3.63) is 60.8 Å². The van der Waals surface area contributed by atoms with E-state index in [-0.39, 0.29) is 31.6 Å². The van der Waals surface area contributed by atoms with Crippen molar-refractivity contribution >= 4 is 11.9 Å². The van der Waals surface area contributed by atoms with Gasteiger partial charge in [-0.15, -0.1) is 0 Å². The second kappa shape index (κ2) is 30.0. The van der Waals surface area contributed by atoms with Crippen molar-refractivity contribution in [3.8, 4) is 0 Å².